The van der Waals surface area contributed by atoms with Crippen LogP contribution in [0.3, 0.4) is 0 Å². The number of esters is 1. The molecule has 0 fully saturated rings. The van der Waals surface area contributed by atoms with Crippen LogP contribution in [-0.2, 0) is 27.9 Å². The molecule has 1 N–H and O–H groups in total. The van der Waals surface area contributed by atoms with Gasteiger partial charge in [0.05, 0.1) is 6.61 Å². The fourth-order valence-electron chi connectivity index (χ4n) is 1.30. The molecular formula is C11H21F3NO6PSi. The number of amides is 1. The number of carbonyl (C=O) groups excluding carboxylic acids is 2. The fraction of sp³-hybridized carbons (Fsp3) is 0.818. The molecule has 0 heterocycles. The van der Waals surface area contributed by atoms with E-state index in [4.69, 9.17) is 4.74 Å². The smallest absolute Gasteiger partial charge is 0.464 e. The van der Waals surface area contributed by atoms with Crippen LogP contribution in [0.15, 0.2) is 0 Å². The van der Waals surface area contributed by atoms with Gasteiger partial charge in [0.15, 0.2) is 0 Å². The predicted octanol–water partition coefficient (Wildman–Crippen LogP) is 2.36. The Morgan fingerprint density at radius 1 is 1.17 bits per heavy atom. The van der Waals surface area contributed by atoms with E-state index < -0.39 is 39.5 Å². The summed E-state index contributed by atoms with van der Waals surface area (Å²) in [6.07, 6.45) is -5.26. The zero-order valence-electron chi connectivity index (χ0n) is 13.5. The Morgan fingerprint density at radius 2 is 1.65 bits per heavy atom. The molecule has 0 aliphatic rings. The van der Waals surface area contributed by atoms with Crippen molar-refractivity contribution < 1.29 is 41.1 Å². The first-order chi connectivity index (χ1) is 10.3. The monoisotopic (exact) mass is 379 g/mol. The molecule has 0 saturated carbocycles. The Labute approximate surface area is 133 Å². The van der Waals surface area contributed by atoms with Crippen LogP contribution in [0.4, 0.5) is 13.2 Å². The van der Waals surface area contributed by atoms with Gasteiger partial charge in [0, 0.05) is 22.3 Å². The van der Waals surface area contributed by atoms with Crippen LogP contribution in [0.25, 0.3) is 0 Å². The van der Waals surface area contributed by atoms with Gasteiger partial charge in [-0.05, 0) is 6.04 Å². The Kier molecular flexibility index (Phi) is 7.95. The third-order valence-corrected chi connectivity index (χ3v) is 6.36. The van der Waals surface area contributed by atoms with Gasteiger partial charge < -0.3 is 19.1 Å². The molecule has 0 aromatic heterocycles. The van der Waals surface area contributed by atoms with E-state index >= 15 is 0 Å². The first-order valence-electron chi connectivity index (χ1n) is 6.52. The maximum absolute atomic E-state index is 12.3. The Balaban J connectivity index is 5.17. The lowest BCUT2D eigenvalue weighted by molar-refractivity contribution is -0.175. The molecule has 1 unspecified atom stereocenters. The van der Waals surface area contributed by atoms with Crippen molar-refractivity contribution in [1.29, 1.82) is 0 Å². The lowest BCUT2D eigenvalue weighted by Crippen LogP contribution is -2.47. The molecule has 12 heteroatoms. The van der Waals surface area contributed by atoms with Gasteiger partial charge in [0.2, 0.25) is 5.78 Å². The topological polar surface area (TPSA) is 90.9 Å². The standard InChI is InChI=1S/C11H21F3NO6PSi/c1-19-22(18,20-2)8(15-10(17)11(12,13)14)9(16)21-6-7-23(3,4)5/h8H,6-7H2,1-5H3,(H,15,17). The summed E-state index contributed by atoms with van der Waals surface area (Å²) in [5.74, 6) is -5.96. The molecule has 0 aliphatic carbocycles. The van der Waals surface area contributed by atoms with E-state index in [2.05, 4.69) is 9.05 Å². The van der Waals surface area contributed by atoms with Crippen LogP contribution in [0.2, 0.25) is 25.7 Å². The quantitative estimate of drug-likeness (QED) is 0.396. The van der Waals surface area contributed by atoms with Crippen molar-refractivity contribution in [2.45, 2.75) is 37.6 Å². The molecule has 23 heavy (non-hydrogen) atoms. The number of hydrogen-bond donors (Lipinski definition) is 1. The largest absolute Gasteiger partial charge is 0.471 e. The Morgan fingerprint density at radius 3 is 2.00 bits per heavy atom. The van der Waals surface area contributed by atoms with E-state index in [1.54, 1.807) is 0 Å². The zero-order chi connectivity index (χ0) is 18.5. The van der Waals surface area contributed by atoms with E-state index in [1.165, 1.54) is 5.32 Å². The van der Waals surface area contributed by atoms with Crippen molar-refractivity contribution in [3.05, 3.63) is 0 Å². The minimum absolute atomic E-state index is 0.0691. The van der Waals surface area contributed by atoms with Gasteiger partial charge >= 0.3 is 25.6 Å². The van der Waals surface area contributed by atoms with E-state index in [0.29, 0.717) is 6.04 Å². The van der Waals surface area contributed by atoms with Gasteiger partial charge in [-0.1, -0.05) is 19.6 Å². The van der Waals surface area contributed by atoms with Crippen molar-refractivity contribution in [3.8, 4) is 0 Å². The molecule has 0 saturated heterocycles. The molecular weight excluding hydrogens is 358 g/mol. The van der Waals surface area contributed by atoms with Gasteiger partial charge in [-0.15, -0.1) is 0 Å². The minimum Gasteiger partial charge on any atom is -0.464 e. The van der Waals surface area contributed by atoms with Crippen LogP contribution in [0.5, 0.6) is 0 Å². The van der Waals surface area contributed by atoms with Gasteiger partial charge in [0.1, 0.15) is 0 Å². The summed E-state index contributed by atoms with van der Waals surface area (Å²) in [5, 5.41) is 1.31. The normalized spacial score (nSPS) is 14.3. The molecule has 0 aliphatic heterocycles. The predicted molar refractivity (Wildman–Crippen MR) is 78.7 cm³/mol. The highest BCUT2D eigenvalue weighted by atomic mass is 31.2. The lowest BCUT2D eigenvalue weighted by Gasteiger charge is -2.24. The Hall–Kier alpha value is -0.903. The first kappa shape index (κ1) is 22.1. The fourth-order valence-corrected chi connectivity index (χ4v) is 3.19. The number of alkyl halides is 3. The molecule has 1 atom stereocenters. The molecule has 0 aromatic rings. The van der Waals surface area contributed by atoms with Crippen LogP contribution in [-0.4, -0.2) is 52.7 Å². The first-order valence-corrected chi connectivity index (χ1v) is 11.8. The third kappa shape index (κ3) is 7.47. The summed E-state index contributed by atoms with van der Waals surface area (Å²) in [6, 6.07) is 0.545. The van der Waals surface area contributed by atoms with Crippen molar-refractivity contribution in [2.75, 3.05) is 20.8 Å². The number of carbonyl (C=O) groups is 2. The second-order valence-electron chi connectivity index (χ2n) is 5.76. The Bertz CT molecular complexity index is 471. The van der Waals surface area contributed by atoms with Crippen LogP contribution >= 0.6 is 7.60 Å². The zero-order valence-corrected chi connectivity index (χ0v) is 15.4. The second kappa shape index (κ2) is 8.27. The summed E-state index contributed by atoms with van der Waals surface area (Å²) in [7, 11) is -4.14. The molecule has 1 amide bonds. The van der Waals surface area contributed by atoms with Crippen molar-refractivity contribution >= 4 is 27.5 Å². The summed E-state index contributed by atoms with van der Waals surface area (Å²) >= 11 is 0. The summed E-state index contributed by atoms with van der Waals surface area (Å²) < 4.78 is 63.0. The van der Waals surface area contributed by atoms with Crippen LogP contribution < -0.4 is 5.32 Å². The van der Waals surface area contributed by atoms with Gasteiger partial charge in [-0.2, -0.15) is 13.2 Å². The molecule has 136 valence electrons. The number of halogens is 3. The highest BCUT2D eigenvalue weighted by Crippen LogP contribution is 2.51. The van der Waals surface area contributed by atoms with E-state index in [0.717, 1.165) is 14.2 Å². The van der Waals surface area contributed by atoms with Gasteiger partial charge in [0.25, 0.3) is 0 Å². The maximum atomic E-state index is 12.3. The highest BCUT2D eigenvalue weighted by Gasteiger charge is 2.48. The molecule has 0 radical (unpaired) electrons. The minimum atomic E-state index is -5.26. The molecule has 0 bridgehead atoms. The second-order valence-corrected chi connectivity index (χ2v) is 13.7. The molecule has 0 aromatic carbocycles. The SMILES string of the molecule is COP(=O)(OC)C(NC(=O)C(F)(F)F)C(=O)OCC[Si](C)(C)C. The number of hydrogen-bond acceptors (Lipinski definition) is 6. The van der Waals surface area contributed by atoms with Crippen molar-refractivity contribution in [2.24, 2.45) is 0 Å². The average molecular weight is 379 g/mol. The van der Waals surface area contributed by atoms with Crippen molar-refractivity contribution in [3.63, 3.8) is 0 Å². The van der Waals surface area contributed by atoms with E-state index in [9.17, 15) is 27.3 Å². The summed E-state index contributed by atoms with van der Waals surface area (Å²) in [5.41, 5.74) is 0. The van der Waals surface area contributed by atoms with E-state index in [1.807, 2.05) is 19.6 Å². The molecule has 7 nitrogen and oxygen atoms in total. The van der Waals surface area contributed by atoms with Crippen LogP contribution in [0.1, 0.15) is 0 Å². The maximum Gasteiger partial charge on any atom is 0.471 e. The number of rotatable bonds is 8. The molecule has 0 rings (SSSR count). The highest BCUT2D eigenvalue weighted by molar-refractivity contribution is 7.55. The summed E-state index contributed by atoms with van der Waals surface area (Å²) in [4.78, 5) is 23.0. The van der Waals surface area contributed by atoms with Crippen molar-refractivity contribution in [1.82, 2.24) is 5.32 Å². The number of nitrogens with one attached hydrogen (secondary N) is 1. The van der Waals surface area contributed by atoms with Gasteiger partial charge in [-0.3, -0.25) is 9.36 Å². The van der Waals surface area contributed by atoms with Gasteiger partial charge in [-0.25, -0.2) is 4.79 Å². The lowest BCUT2D eigenvalue weighted by atomic mass is 10.5. The average Bonchev–Trinajstić information content (AvgIpc) is 2.40. The van der Waals surface area contributed by atoms with E-state index in [-0.39, 0.29) is 6.61 Å². The summed E-state index contributed by atoms with van der Waals surface area (Å²) in [6.45, 7) is 5.93. The molecule has 0 spiro atoms. The third-order valence-electron chi connectivity index (χ3n) is 2.67. The number of ether oxygens (including phenoxy) is 1. The van der Waals surface area contributed by atoms with Crippen LogP contribution in [0, 0.1) is 0 Å².